The van der Waals surface area contributed by atoms with Crippen LogP contribution >= 0.6 is 0 Å². The highest BCUT2D eigenvalue weighted by Crippen LogP contribution is 2.25. The van der Waals surface area contributed by atoms with Crippen LogP contribution in [0.2, 0.25) is 0 Å². The molecule has 1 aliphatic carbocycles. The molecule has 3 nitrogen and oxygen atoms in total. The molecular weight excluding hydrogens is 202 g/mol. The fourth-order valence-electron chi connectivity index (χ4n) is 2.35. The second kappa shape index (κ2) is 7.53. The van der Waals surface area contributed by atoms with Gasteiger partial charge >= 0.3 is 6.09 Å². The minimum Gasteiger partial charge on any atom is -0.450 e. The SMILES string of the molecule is CCCOC(=O)NC(C)C1CCCCCC1. The normalized spacial score (nSPS) is 19.9. The number of hydrogen-bond acceptors (Lipinski definition) is 2. The van der Waals surface area contributed by atoms with Crippen molar-refractivity contribution >= 4 is 6.09 Å². The summed E-state index contributed by atoms with van der Waals surface area (Å²) in [5.41, 5.74) is 0. The number of hydrogen-bond donors (Lipinski definition) is 1. The van der Waals surface area contributed by atoms with Gasteiger partial charge in [-0.15, -0.1) is 0 Å². The van der Waals surface area contributed by atoms with Crippen molar-refractivity contribution in [2.45, 2.75) is 64.8 Å². The molecule has 1 amide bonds. The summed E-state index contributed by atoms with van der Waals surface area (Å²) < 4.78 is 5.03. The summed E-state index contributed by atoms with van der Waals surface area (Å²) in [4.78, 5) is 11.4. The molecule has 94 valence electrons. The zero-order valence-electron chi connectivity index (χ0n) is 10.6. The highest BCUT2D eigenvalue weighted by atomic mass is 16.5. The molecule has 3 heteroatoms. The maximum Gasteiger partial charge on any atom is 0.407 e. The van der Waals surface area contributed by atoms with E-state index in [1.165, 1.54) is 38.5 Å². The molecule has 0 heterocycles. The Bertz CT molecular complexity index is 198. The van der Waals surface area contributed by atoms with Crippen molar-refractivity contribution in [1.29, 1.82) is 0 Å². The topological polar surface area (TPSA) is 38.3 Å². The third-order valence-corrected chi connectivity index (χ3v) is 3.39. The van der Waals surface area contributed by atoms with Gasteiger partial charge in [0.2, 0.25) is 0 Å². The van der Waals surface area contributed by atoms with E-state index in [1.807, 2.05) is 6.92 Å². The largest absolute Gasteiger partial charge is 0.450 e. The molecule has 1 aliphatic rings. The van der Waals surface area contributed by atoms with Gasteiger partial charge in [-0.3, -0.25) is 0 Å². The Hall–Kier alpha value is -0.730. The summed E-state index contributed by atoms with van der Waals surface area (Å²) in [7, 11) is 0. The molecule has 1 saturated carbocycles. The Morgan fingerprint density at radius 1 is 1.31 bits per heavy atom. The maximum atomic E-state index is 11.4. The Morgan fingerprint density at radius 3 is 2.50 bits per heavy atom. The van der Waals surface area contributed by atoms with Crippen molar-refractivity contribution in [2.24, 2.45) is 5.92 Å². The number of amides is 1. The highest BCUT2D eigenvalue weighted by Gasteiger charge is 2.20. The van der Waals surface area contributed by atoms with Crippen LogP contribution < -0.4 is 5.32 Å². The average molecular weight is 227 g/mol. The van der Waals surface area contributed by atoms with Crippen LogP contribution in [0.5, 0.6) is 0 Å². The van der Waals surface area contributed by atoms with Gasteiger partial charge in [-0.25, -0.2) is 4.79 Å². The molecule has 0 aromatic heterocycles. The molecule has 0 saturated heterocycles. The van der Waals surface area contributed by atoms with Crippen LogP contribution in [0.15, 0.2) is 0 Å². The van der Waals surface area contributed by atoms with E-state index in [2.05, 4.69) is 12.2 Å². The van der Waals surface area contributed by atoms with Gasteiger partial charge in [0, 0.05) is 6.04 Å². The van der Waals surface area contributed by atoms with E-state index in [9.17, 15) is 4.79 Å². The van der Waals surface area contributed by atoms with Crippen LogP contribution in [0.3, 0.4) is 0 Å². The molecule has 1 N–H and O–H groups in total. The number of carbonyl (C=O) groups is 1. The standard InChI is InChI=1S/C13H25NO2/c1-3-10-16-13(15)14-11(2)12-8-6-4-5-7-9-12/h11-12H,3-10H2,1-2H3,(H,14,15). The monoisotopic (exact) mass is 227 g/mol. The Labute approximate surface area is 98.9 Å². The van der Waals surface area contributed by atoms with E-state index in [4.69, 9.17) is 4.74 Å². The lowest BCUT2D eigenvalue weighted by Crippen LogP contribution is -2.38. The van der Waals surface area contributed by atoms with Gasteiger partial charge in [0.25, 0.3) is 0 Å². The number of ether oxygens (including phenoxy) is 1. The molecule has 0 aromatic rings. The molecule has 0 radical (unpaired) electrons. The minimum absolute atomic E-state index is 0.251. The first-order valence-electron chi connectivity index (χ1n) is 6.67. The van der Waals surface area contributed by atoms with Gasteiger partial charge in [-0.1, -0.05) is 32.6 Å². The van der Waals surface area contributed by atoms with E-state index in [-0.39, 0.29) is 12.1 Å². The van der Waals surface area contributed by atoms with Gasteiger partial charge < -0.3 is 10.1 Å². The summed E-state index contributed by atoms with van der Waals surface area (Å²) >= 11 is 0. The molecular formula is C13H25NO2. The number of alkyl carbamates (subject to hydrolysis) is 1. The molecule has 0 aliphatic heterocycles. The zero-order valence-corrected chi connectivity index (χ0v) is 10.6. The third kappa shape index (κ3) is 4.86. The van der Waals surface area contributed by atoms with Gasteiger partial charge in [0.1, 0.15) is 0 Å². The number of rotatable bonds is 4. The fourth-order valence-corrected chi connectivity index (χ4v) is 2.35. The summed E-state index contributed by atoms with van der Waals surface area (Å²) in [6.45, 7) is 4.62. The van der Waals surface area contributed by atoms with Crippen molar-refractivity contribution in [3.63, 3.8) is 0 Å². The Morgan fingerprint density at radius 2 is 1.94 bits per heavy atom. The summed E-state index contributed by atoms with van der Waals surface area (Å²) in [6.07, 6.45) is 8.43. The van der Waals surface area contributed by atoms with Crippen LogP contribution in [0.25, 0.3) is 0 Å². The summed E-state index contributed by atoms with van der Waals surface area (Å²) in [5, 5.41) is 2.95. The van der Waals surface area contributed by atoms with Gasteiger partial charge in [-0.2, -0.15) is 0 Å². The predicted molar refractivity (Wildman–Crippen MR) is 65.4 cm³/mol. The Kier molecular flexibility index (Phi) is 6.27. The fraction of sp³-hybridized carbons (Fsp3) is 0.923. The van der Waals surface area contributed by atoms with E-state index >= 15 is 0 Å². The molecule has 0 bridgehead atoms. The minimum atomic E-state index is -0.251. The first-order chi connectivity index (χ1) is 7.74. The lowest BCUT2D eigenvalue weighted by atomic mass is 9.93. The van der Waals surface area contributed by atoms with Crippen LogP contribution in [-0.4, -0.2) is 18.7 Å². The molecule has 16 heavy (non-hydrogen) atoms. The maximum absolute atomic E-state index is 11.4. The molecule has 1 rings (SSSR count). The van der Waals surface area contributed by atoms with E-state index < -0.39 is 0 Å². The lowest BCUT2D eigenvalue weighted by Gasteiger charge is -2.23. The predicted octanol–water partition coefficient (Wildman–Crippen LogP) is 3.48. The van der Waals surface area contributed by atoms with Gasteiger partial charge in [0.05, 0.1) is 6.61 Å². The van der Waals surface area contributed by atoms with Gasteiger partial charge in [-0.05, 0) is 32.1 Å². The molecule has 0 spiro atoms. The molecule has 0 aromatic carbocycles. The second-order valence-electron chi connectivity index (χ2n) is 4.82. The quantitative estimate of drug-likeness (QED) is 0.747. The second-order valence-corrected chi connectivity index (χ2v) is 4.82. The van der Waals surface area contributed by atoms with Crippen molar-refractivity contribution in [3.8, 4) is 0 Å². The first kappa shape index (κ1) is 13.3. The number of carbonyl (C=O) groups excluding carboxylic acids is 1. The van der Waals surface area contributed by atoms with Crippen molar-refractivity contribution < 1.29 is 9.53 Å². The van der Waals surface area contributed by atoms with Crippen molar-refractivity contribution in [2.75, 3.05) is 6.61 Å². The average Bonchev–Trinajstić information content (AvgIpc) is 2.54. The van der Waals surface area contributed by atoms with Gasteiger partial charge in [0.15, 0.2) is 0 Å². The van der Waals surface area contributed by atoms with E-state index in [0.717, 1.165) is 6.42 Å². The van der Waals surface area contributed by atoms with E-state index in [1.54, 1.807) is 0 Å². The van der Waals surface area contributed by atoms with E-state index in [0.29, 0.717) is 12.5 Å². The Balaban J connectivity index is 2.26. The third-order valence-electron chi connectivity index (χ3n) is 3.39. The molecule has 1 unspecified atom stereocenters. The van der Waals surface area contributed by atoms with Crippen LogP contribution in [0.1, 0.15) is 58.8 Å². The van der Waals surface area contributed by atoms with Crippen molar-refractivity contribution in [3.05, 3.63) is 0 Å². The smallest absolute Gasteiger partial charge is 0.407 e. The highest BCUT2D eigenvalue weighted by molar-refractivity contribution is 5.67. The molecule has 1 fully saturated rings. The summed E-state index contributed by atoms with van der Waals surface area (Å²) in [6, 6.07) is 0.252. The van der Waals surface area contributed by atoms with Crippen LogP contribution in [-0.2, 0) is 4.74 Å². The lowest BCUT2D eigenvalue weighted by molar-refractivity contribution is 0.138. The summed E-state index contributed by atoms with van der Waals surface area (Å²) in [5.74, 6) is 0.636. The molecule has 1 atom stereocenters. The zero-order chi connectivity index (χ0) is 11.8. The first-order valence-corrected chi connectivity index (χ1v) is 6.67. The number of nitrogens with one attached hydrogen (secondary N) is 1. The van der Waals surface area contributed by atoms with Crippen LogP contribution in [0, 0.1) is 5.92 Å². The van der Waals surface area contributed by atoms with Crippen LogP contribution in [0.4, 0.5) is 4.79 Å². The van der Waals surface area contributed by atoms with Crippen molar-refractivity contribution in [1.82, 2.24) is 5.32 Å².